The van der Waals surface area contributed by atoms with Gasteiger partial charge >= 0.3 is 0 Å². The van der Waals surface area contributed by atoms with E-state index in [0.717, 1.165) is 17.2 Å². The van der Waals surface area contributed by atoms with Gasteiger partial charge in [0.05, 0.1) is 5.69 Å². The van der Waals surface area contributed by atoms with Crippen LogP contribution in [0.2, 0.25) is 0 Å². The van der Waals surface area contributed by atoms with Gasteiger partial charge in [0, 0.05) is 12.7 Å². The molecule has 0 aliphatic carbocycles. The van der Waals surface area contributed by atoms with Crippen molar-refractivity contribution < 1.29 is 0 Å². The summed E-state index contributed by atoms with van der Waals surface area (Å²) < 4.78 is 1.84. The minimum Gasteiger partial charge on any atom is -0.274 e. The fourth-order valence-electron chi connectivity index (χ4n) is 1.05. The van der Waals surface area contributed by atoms with Crippen molar-refractivity contribution in [1.82, 2.24) is 9.78 Å². The molecular formula is C8H13N3. The number of hydrogen-bond acceptors (Lipinski definition) is 2. The first-order valence-corrected chi connectivity index (χ1v) is 3.62. The molecule has 1 rings (SSSR count). The van der Waals surface area contributed by atoms with E-state index in [9.17, 15) is 0 Å². The fourth-order valence-corrected chi connectivity index (χ4v) is 1.05. The predicted molar refractivity (Wildman–Crippen MR) is 46.1 cm³/mol. The Kier molecular flexibility index (Phi) is 2.08. The zero-order valence-corrected chi connectivity index (χ0v) is 7.42. The second-order valence-electron chi connectivity index (χ2n) is 2.61. The van der Waals surface area contributed by atoms with Crippen molar-refractivity contribution in [3.05, 3.63) is 17.5 Å². The molecule has 3 heteroatoms. The summed E-state index contributed by atoms with van der Waals surface area (Å²) in [6, 6.07) is 2.04. The van der Waals surface area contributed by atoms with Crippen LogP contribution in [0.1, 0.15) is 18.3 Å². The molecule has 0 bridgehead atoms. The molecule has 0 saturated carbocycles. The lowest BCUT2D eigenvalue weighted by Crippen LogP contribution is -2.10. The molecule has 0 fully saturated rings. The van der Waals surface area contributed by atoms with Gasteiger partial charge in [0.2, 0.25) is 0 Å². The molecule has 3 nitrogen and oxygen atoms in total. The second kappa shape index (κ2) is 2.86. The van der Waals surface area contributed by atoms with Crippen LogP contribution in [0.15, 0.2) is 11.1 Å². The molecule has 0 atom stereocenters. The van der Waals surface area contributed by atoms with E-state index in [-0.39, 0.29) is 0 Å². The number of hydrogen-bond donors (Lipinski definition) is 0. The normalized spacial score (nSPS) is 12.2. The van der Waals surface area contributed by atoms with Crippen LogP contribution in [-0.2, 0) is 0 Å². The molecular weight excluding hydrogens is 138 g/mol. The van der Waals surface area contributed by atoms with Gasteiger partial charge in [-0.05, 0) is 26.8 Å². The molecule has 0 unspecified atom stereocenters. The zero-order valence-electron chi connectivity index (χ0n) is 7.42. The largest absolute Gasteiger partial charge is 0.274 e. The van der Waals surface area contributed by atoms with Crippen molar-refractivity contribution >= 4 is 5.84 Å². The van der Waals surface area contributed by atoms with Crippen LogP contribution in [-0.4, -0.2) is 22.7 Å². The van der Waals surface area contributed by atoms with Crippen molar-refractivity contribution in [2.45, 2.75) is 20.8 Å². The van der Waals surface area contributed by atoms with Crippen molar-refractivity contribution in [1.29, 1.82) is 0 Å². The van der Waals surface area contributed by atoms with Gasteiger partial charge in [-0.25, -0.2) is 4.68 Å². The molecule has 0 aliphatic rings. The Bertz CT molecular complexity index is 284. The summed E-state index contributed by atoms with van der Waals surface area (Å²) in [6.07, 6.45) is 0. The van der Waals surface area contributed by atoms with E-state index in [4.69, 9.17) is 0 Å². The van der Waals surface area contributed by atoms with Gasteiger partial charge in [0.15, 0.2) is 0 Å². The molecule has 0 aromatic carbocycles. The molecule has 0 N–H and O–H groups in total. The number of nitrogens with zero attached hydrogens (tertiary/aromatic N) is 3. The number of aromatic nitrogens is 2. The summed E-state index contributed by atoms with van der Waals surface area (Å²) in [6.45, 7) is 5.94. The highest BCUT2D eigenvalue weighted by molar-refractivity contribution is 5.81. The highest BCUT2D eigenvalue weighted by atomic mass is 15.3. The third-order valence-electron chi connectivity index (χ3n) is 1.64. The van der Waals surface area contributed by atoms with Crippen LogP contribution in [0.5, 0.6) is 0 Å². The van der Waals surface area contributed by atoms with Gasteiger partial charge in [-0.3, -0.25) is 4.99 Å². The van der Waals surface area contributed by atoms with E-state index in [1.807, 2.05) is 31.5 Å². The summed E-state index contributed by atoms with van der Waals surface area (Å²) in [5, 5.41) is 4.27. The molecule has 0 amide bonds. The monoisotopic (exact) mass is 151 g/mol. The lowest BCUT2D eigenvalue weighted by atomic mass is 10.4. The molecule has 1 aromatic rings. The average molecular weight is 151 g/mol. The van der Waals surface area contributed by atoms with E-state index in [1.54, 1.807) is 7.05 Å². The number of rotatable bonds is 0. The first kappa shape index (κ1) is 7.98. The van der Waals surface area contributed by atoms with Crippen LogP contribution in [0.25, 0.3) is 0 Å². The SMILES string of the molecule is CN=C(C)n1nc(C)cc1C. The van der Waals surface area contributed by atoms with Crippen molar-refractivity contribution in [2.24, 2.45) is 4.99 Å². The molecule has 0 spiro atoms. The van der Waals surface area contributed by atoms with Crippen molar-refractivity contribution in [3.63, 3.8) is 0 Å². The van der Waals surface area contributed by atoms with Gasteiger partial charge < -0.3 is 0 Å². The molecule has 60 valence electrons. The van der Waals surface area contributed by atoms with Gasteiger partial charge in [-0.1, -0.05) is 0 Å². The van der Waals surface area contributed by atoms with Gasteiger partial charge in [-0.15, -0.1) is 0 Å². The first-order valence-electron chi connectivity index (χ1n) is 3.62. The molecule has 1 heterocycles. The number of aliphatic imine (C=N–C) groups is 1. The average Bonchev–Trinajstić information content (AvgIpc) is 2.28. The Morgan fingerprint density at radius 2 is 2.18 bits per heavy atom. The maximum absolute atomic E-state index is 4.27. The van der Waals surface area contributed by atoms with E-state index in [2.05, 4.69) is 10.1 Å². The maximum atomic E-state index is 4.27. The second-order valence-corrected chi connectivity index (χ2v) is 2.61. The highest BCUT2D eigenvalue weighted by Crippen LogP contribution is 2.00. The molecule has 11 heavy (non-hydrogen) atoms. The minimum atomic E-state index is 0.926. The molecule has 0 saturated heterocycles. The lowest BCUT2D eigenvalue weighted by Gasteiger charge is -2.00. The van der Waals surface area contributed by atoms with Crippen LogP contribution in [0, 0.1) is 13.8 Å². The number of aryl methyl sites for hydroxylation is 2. The third kappa shape index (κ3) is 1.48. The standard InChI is InChI=1S/C8H13N3/c1-6-5-7(2)11(10-6)8(3)9-4/h5H,1-4H3. The van der Waals surface area contributed by atoms with Crippen LogP contribution >= 0.6 is 0 Å². The van der Waals surface area contributed by atoms with E-state index >= 15 is 0 Å². The fraction of sp³-hybridized carbons (Fsp3) is 0.500. The molecule has 1 aromatic heterocycles. The smallest absolute Gasteiger partial charge is 0.121 e. The maximum Gasteiger partial charge on any atom is 0.121 e. The Morgan fingerprint density at radius 1 is 1.55 bits per heavy atom. The Hall–Kier alpha value is -1.12. The predicted octanol–water partition coefficient (Wildman–Crippen LogP) is 1.40. The van der Waals surface area contributed by atoms with Crippen LogP contribution in [0.4, 0.5) is 0 Å². The summed E-state index contributed by atoms with van der Waals surface area (Å²) in [5.41, 5.74) is 2.16. The minimum absolute atomic E-state index is 0.926. The topological polar surface area (TPSA) is 30.2 Å². The summed E-state index contributed by atoms with van der Waals surface area (Å²) >= 11 is 0. The van der Waals surface area contributed by atoms with E-state index in [0.29, 0.717) is 0 Å². The van der Waals surface area contributed by atoms with Gasteiger partial charge in [0.1, 0.15) is 5.84 Å². The summed E-state index contributed by atoms with van der Waals surface area (Å²) in [5.74, 6) is 0.926. The molecule has 0 radical (unpaired) electrons. The first-order chi connectivity index (χ1) is 5.15. The Labute approximate surface area is 66.8 Å². The van der Waals surface area contributed by atoms with E-state index in [1.165, 1.54) is 0 Å². The zero-order chi connectivity index (χ0) is 8.43. The van der Waals surface area contributed by atoms with Crippen molar-refractivity contribution in [2.75, 3.05) is 7.05 Å². The Morgan fingerprint density at radius 3 is 2.55 bits per heavy atom. The van der Waals surface area contributed by atoms with Gasteiger partial charge in [-0.2, -0.15) is 5.10 Å². The van der Waals surface area contributed by atoms with Crippen LogP contribution < -0.4 is 0 Å². The lowest BCUT2D eigenvalue weighted by molar-refractivity contribution is 0.872. The van der Waals surface area contributed by atoms with E-state index < -0.39 is 0 Å². The van der Waals surface area contributed by atoms with Crippen molar-refractivity contribution in [3.8, 4) is 0 Å². The van der Waals surface area contributed by atoms with Crippen LogP contribution in [0.3, 0.4) is 0 Å². The molecule has 0 aliphatic heterocycles. The summed E-state index contributed by atoms with van der Waals surface area (Å²) in [4.78, 5) is 4.05. The summed E-state index contributed by atoms with van der Waals surface area (Å²) in [7, 11) is 1.77. The van der Waals surface area contributed by atoms with Gasteiger partial charge in [0.25, 0.3) is 0 Å². The highest BCUT2D eigenvalue weighted by Gasteiger charge is 2.01. The Balaban J connectivity index is 3.13. The third-order valence-corrected chi connectivity index (χ3v) is 1.64. The quantitative estimate of drug-likeness (QED) is 0.407.